The lowest BCUT2D eigenvalue weighted by Gasteiger charge is -2.26. The maximum atomic E-state index is 13.6. The van der Waals surface area contributed by atoms with Crippen molar-refractivity contribution in [3.63, 3.8) is 0 Å². The third-order valence-electron chi connectivity index (χ3n) is 6.66. The zero-order valence-corrected chi connectivity index (χ0v) is 18.7. The molecule has 2 aliphatic rings. The summed E-state index contributed by atoms with van der Waals surface area (Å²) in [6, 6.07) is 9.66. The second-order valence-electron chi connectivity index (χ2n) is 8.96. The number of nitrogens with zero attached hydrogens (tertiary/aromatic N) is 2. The van der Waals surface area contributed by atoms with Crippen LogP contribution >= 0.6 is 11.3 Å². The van der Waals surface area contributed by atoms with Crippen LogP contribution in [0.4, 0.5) is 0 Å². The average Bonchev–Trinajstić information content (AvgIpc) is 3.16. The third kappa shape index (κ3) is 4.05. The van der Waals surface area contributed by atoms with Crippen molar-refractivity contribution in [3.8, 4) is 11.4 Å². The van der Waals surface area contributed by atoms with Crippen molar-refractivity contribution >= 4 is 27.5 Å². The SMILES string of the molecule is CC1CCC(OC(=O)Cn2c(-c3ccccc3)nc3sc4c(c3c2=O)CCCC4)CC1. The molecule has 5 rings (SSSR count). The number of benzene rings is 1. The van der Waals surface area contributed by atoms with E-state index < -0.39 is 0 Å². The number of hydrogen-bond donors (Lipinski definition) is 0. The van der Waals surface area contributed by atoms with Crippen LogP contribution in [0.15, 0.2) is 35.1 Å². The van der Waals surface area contributed by atoms with Crippen LogP contribution < -0.4 is 5.56 Å². The Morgan fingerprint density at radius 2 is 1.87 bits per heavy atom. The van der Waals surface area contributed by atoms with E-state index in [0.29, 0.717) is 17.1 Å². The predicted molar refractivity (Wildman–Crippen MR) is 123 cm³/mol. The molecule has 1 fully saturated rings. The highest BCUT2D eigenvalue weighted by molar-refractivity contribution is 7.18. The molecular formula is C25H28N2O3S. The van der Waals surface area contributed by atoms with Crippen LogP contribution in [0.1, 0.15) is 55.9 Å². The first-order valence-corrected chi connectivity index (χ1v) is 12.2. The van der Waals surface area contributed by atoms with Gasteiger partial charge in [0.1, 0.15) is 23.3 Å². The first kappa shape index (κ1) is 20.4. The summed E-state index contributed by atoms with van der Waals surface area (Å²) in [6.07, 6.45) is 8.13. The lowest BCUT2D eigenvalue weighted by Crippen LogP contribution is -2.31. The van der Waals surface area contributed by atoms with E-state index in [1.807, 2.05) is 30.3 Å². The summed E-state index contributed by atoms with van der Waals surface area (Å²) in [7, 11) is 0. The third-order valence-corrected chi connectivity index (χ3v) is 7.84. The highest BCUT2D eigenvalue weighted by atomic mass is 32.1. The average molecular weight is 437 g/mol. The van der Waals surface area contributed by atoms with E-state index in [-0.39, 0.29) is 24.2 Å². The van der Waals surface area contributed by atoms with E-state index in [0.717, 1.165) is 67.3 Å². The van der Waals surface area contributed by atoms with Crippen molar-refractivity contribution < 1.29 is 9.53 Å². The first-order chi connectivity index (χ1) is 15.1. The van der Waals surface area contributed by atoms with Gasteiger partial charge in [0.2, 0.25) is 0 Å². The molecule has 0 radical (unpaired) electrons. The van der Waals surface area contributed by atoms with E-state index in [4.69, 9.17) is 9.72 Å². The minimum absolute atomic E-state index is 0.0369. The fourth-order valence-corrected chi connectivity index (χ4v) is 6.14. The maximum absolute atomic E-state index is 13.6. The molecule has 0 bridgehead atoms. The summed E-state index contributed by atoms with van der Waals surface area (Å²) in [5.41, 5.74) is 1.87. The number of thiophene rings is 1. The van der Waals surface area contributed by atoms with E-state index in [1.54, 1.807) is 11.3 Å². The van der Waals surface area contributed by atoms with Gasteiger partial charge in [-0.15, -0.1) is 11.3 Å². The summed E-state index contributed by atoms with van der Waals surface area (Å²) < 4.78 is 7.31. The van der Waals surface area contributed by atoms with Crippen molar-refractivity contribution in [2.45, 2.75) is 70.9 Å². The number of rotatable bonds is 4. The number of esters is 1. The molecule has 0 spiro atoms. The Kier molecular flexibility index (Phi) is 5.65. The topological polar surface area (TPSA) is 61.2 Å². The smallest absolute Gasteiger partial charge is 0.326 e. The molecule has 1 saturated carbocycles. The minimum Gasteiger partial charge on any atom is -0.461 e. The summed E-state index contributed by atoms with van der Waals surface area (Å²) in [6.45, 7) is 2.15. The van der Waals surface area contributed by atoms with E-state index in [9.17, 15) is 9.59 Å². The molecular weight excluding hydrogens is 408 g/mol. The number of aromatic nitrogens is 2. The molecule has 162 valence electrons. The zero-order chi connectivity index (χ0) is 21.4. The quantitative estimate of drug-likeness (QED) is 0.532. The van der Waals surface area contributed by atoms with Gasteiger partial charge in [-0.1, -0.05) is 37.3 Å². The van der Waals surface area contributed by atoms with Gasteiger partial charge < -0.3 is 4.74 Å². The van der Waals surface area contributed by atoms with Gasteiger partial charge in [0, 0.05) is 10.4 Å². The van der Waals surface area contributed by atoms with Crippen molar-refractivity contribution in [2.24, 2.45) is 5.92 Å². The Bertz CT molecular complexity index is 1160. The number of ether oxygens (including phenoxy) is 1. The van der Waals surface area contributed by atoms with Gasteiger partial charge in [-0.3, -0.25) is 14.2 Å². The molecule has 3 aromatic rings. The number of carbonyl (C=O) groups excluding carboxylic acids is 1. The Morgan fingerprint density at radius 1 is 1.13 bits per heavy atom. The van der Waals surface area contributed by atoms with Crippen LogP contribution in [0.5, 0.6) is 0 Å². The normalized spacial score (nSPS) is 21.1. The lowest BCUT2D eigenvalue weighted by atomic mass is 9.89. The van der Waals surface area contributed by atoms with Crippen LogP contribution in [-0.2, 0) is 28.9 Å². The second-order valence-corrected chi connectivity index (χ2v) is 10.0. The van der Waals surface area contributed by atoms with Crippen LogP contribution in [-0.4, -0.2) is 21.6 Å². The number of carbonyl (C=O) groups is 1. The lowest BCUT2D eigenvalue weighted by molar-refractivity contribution is -0.151. The van der Waals surface area contributed by atoms with Gasteiger partial charge in [0.05, 0.1) is 5.39 Å². The van der Waals surface area contributed by atoms with Gasteiger partial charge >= 0.3 is 5.97 Å². The molecule has 2 aromatic heterocycles. The Labute approximate surface area is 186 Å². The molecule has 1 aromatic carbocycles. The van der Waals surface area contributed by atoms with Crippen molar-refractivity contribution in [1.82, 2.24) is 9.55 Å². The van der Waals surface area contributed by atoms with Gasteiger partial charge in [-0.05, 0) is 62.8 Å². The Morgan fingerprint density at radius 3 is 2.65 bits per heavy atom. The summed E-state index contributed by atoms with van der Waals surface area (Å²) >= 11 is 1.64. The minimum atomic E-state index is -0.343. The van der Waals surface area contributed by atoms with Gasteiger partial charge in [-0.2, -0.15) is 0 Å². The van der Waals surface area contributed by atoms with Crippen molar-refractivity contribution in [2.75, 3.05) is 0 Å². The van der Waals surface area contributed by atoms with Gasteiger partial charge in [0.25, 0.3) is 5.56 Å². The summed E-state index contributed by atoms with van der Waals surface area (Å²) in [4.78, 5) is 33.5. The highest BCUT2D eigenvalue weighted by Crippen LogP contribution is 2.35. The molecule has 5 nitrogen and oxygen atoms in total. The fourth-order valence-electron chi connectivity index (χ4n) is 4.89. The summed E-state index contributed by atoms with van der Waals surface area (Å²) in [5.74, 6) is 0.897. The van der Waals surface area contributed by atoms with Crippen molar-refractivity contribution in [3.05, 3.63) is 51.1 Å². The number of hydrogen-bond acceptors (Lipinski definition) is 5. The zero-order valence-electron chi connectivity index (χ0n) is 17.9. The molecule has 0 amide bonds. The molecule has 0 saturated heterocycles. The van der Waals surface area contributed by atoms with Crippen LogP contribution in [0.2, 0.25) is 0 Å². The number of fused-ring (bicyclic) bond motifs is 3. The molecule has 2 heterocycles. The molecule has 2 aliphatic carbocycles. The fraction of sp³-hybridized carbons (Fsp3) is 0.480. The highest BCUT2D eigenvalue weighted by Gasteiger charge is 2.25. The Hall–Kier alpha value is -2.47. The van der Waals surface area contributed by atoms with Crippen LogP contribution in [0, 0.1) is 5.92 Å². The van der Waals surface area contributed by atoms with Gasteiger partial charge in [-0.25, -0.2) is 4.98 Å². The Balaban J connectivity index is 1.54. The second kappa shape index (κ2) is 8.58. The van der Waals surface area contributed by atoms with E-state index in [2.05, 4.69) is 6.92 Å². The summed E-state index contributed by atoms with van der Waals surface area (Å²) in [5, 5.41) is 0.707. The van der Waals surface area contributed by atoms with E-state index in [1.165, 1.54) is 9.44 Å². The molecule has 31 heavy (non-hydrogen) atoms. The van der Waals surface area contributed by atoms with Crippen molar-refractivity contribution in [1.29, 1.82) is 0 Å². The van der Waals surface area contributed by atoms with Crippen LogP contribution in [0.25, 0.3) is 21.6 Å². The molecule has 0 unspecified atom stereocenters. The van der Waals surface area contributed by atoms with E-state index >= 15 is 0 Å². The largest absolute Gasteiger partial charge is 0.461 e. The molecule has 6 heteroatoms. The molecule has 0 atom stereocenters. The monoisotopic (exact) mass is 436 g/mol. The number of aryl methyl sites for hydroxylation is 2. The van der Waals surface area contributed by atoms with Gasteiger partial charge in [0.15, 0.2) is 0 Å². The molecule has 0 aliphatic heterocycles. The standard InChI is InChI=1S/C25H28N2O3S/c1-16-11-13-18(14-12-16)30-21(28)15-27-23(17-7-3-2-4-8-17)26-24-22(25(27)29)19-9-5-6-10-20(19)31-24/h2-4,7-8,16,18H,5-6,9-15H2,1H3. The molecule has 0 N–H and O–H groups in total. The van der Waals surface area contributed by atoms with Crippen LogP contribution in [0.3, 0.4) is 0 Å². The first-order valence-electron chi connectivity index (χ1n) is 11.4. The maximum Gasteiger partial charge on any atom is 0.326 e. The predicted octanol–water partition coefficient (Wildman–Crippen LogP) is 5.13.